The van der Waals surface area contributed by atoms with Crippen molar-refractivity contribution in [2.24, 2.45) is 0 Å². The van der Waals surface area contributed by atoms with E-state index >= 15 is 0 Å². The first kappa shape index (κ1) is 34.1. The predicted octanol–water partition coefficient (Wildman–Crippen LogP) is 11.8. The zero-order valence-electron chi connectivity index (χ0n) is 30.3. The van der Waals surface area contributed by atoms with Crippen molar-refractivity contribution in [3.05, 3.63) is 175 Å². The van der Waals surface area contributed by atoms with Crippen molar-refractivity contribution < 1.29 is 9.85 Å². The summed E-state index contributed by atoms with van der Waals surface area (Å²) < 4.78 is 0. The van der Waals surface area contributed by atoms with E-state index in [2.05, 4.69) is 72.3 Å². The van der Waals surface area contributed by atoms with Crippen molar-refractivity contribution in [1.29, 1.82) is 0 Å². The third kappa shape index (κ3) is 6.14. The third-order valence-corrected chi connectivity index (χ3v) is 10.2. The number of nitrogens with one attached hydrogen (secondary N) is 2. The largest absolute Gasteiger partial charge is 0.354 e. The molecule has 0 radical (unpaired) electrons. The second-order valence-corrected chi connectivity index (χ2v) is 13.8. The van der Waals surface area contributed by atoms with Crippen LogP contribution < -0.4 is 0 Å². The van der Waals surface area contributed by atoms with Crippen LogP contribution in [0.25, 0.3) is 90.9 Å². The summed E-state index contributed by atoms with van der Waals surface area (Å²) in [6, 6.07) is 37.7. The zero-order chi connectivity index (χ0) is 38.5. The van der Waals surface area contributed by atoms with Gasteiger partial charge >= 0.3 is 0 Å². The number of hydrogen-bond donors (Lipinski definition) is 2. The summed E-state index contributed by atoms with van der Waals surface area (Å²) in [6.45, 7) is 4.12. The minimum atomic E-state index is -0.416. The fourth-order valence-electron chi connectivity index (χ4n) is 7.36. The molecule has 3 aromatic heterocycles. The van der Waals surface area contributed by atoms with Crippen LogP contribution in [0.15, 0.2) is 121 Å². The van der Waals surface area contributed by atoms with Crippen LogP contribution in [0.5, 0.6) is 0 Å². The molecule has 0 saturated heterocycles. The second kappa shape index (κ2) is 13.6. The molecule has 8 bridgehead atoms. The van der Waals surface area contributed by atoms with Crippen molar-refractivity contribution >= 4 is 57.7 Å². The highest BCUT2D eigenvalue weighted by Gasteiger charge is 2.20. The lowest BCUT2D eigenvalue weighted by atomic mass is 10.0. The Labute approximate surface area is 320 Å². The molecular weight excluding hydrogens is 701 g/mol. The summed E-state index contributed by atoms with van der Waals surface area (Å²) in [6.07, 6.45) is 7.94. The van der Waals surface area contributed by atoms with E-state index in [0.717, 1.165) is 89.1 Å². The second-order valence-electron chi connectivity index (χ2n) is 13.8. The van der Waals surface area contributed by atoms with Crippen LogP contribution in [-0.4, -0.2) is 29.8 Å². The van der Waals surface area contributed by atoms with E-state index in [-0.39, 0.29) is 11.4 Å². The van der Waals surface area contributed by atoms with Gasteiger partial charge in [-0.2, -0.15) is 0 Å². The highest BCUT2D eigenvalue weighted by Crippen LogP contribution is 2.39. The van der Waals surface area contributed by atoms with Crippen LogP contribution in [-0.2, 0) is 0 Å². The molecule has 56 heavy (non-hydrogen) atoms. The molecule has 10 heteroatoms. The fourth-order valence-corrected chi connectivity index (χ4v) is 7.36. The van der Waals surface area contributed by atoms with E-state index in [0.29, 0.717) is 11.4 Å². The number of aryl methyl sites for hydroxylation is 2. The molecule has 0 saturated carbocycles. The Balaban J connectivity index is 1.44. The number of rotatable bonds is 6. The molecule has 10 nitrogen and oxygen atoms in total. The summed E-state index contributed by atoms with van der Waals surface area (Å²) in [4.78, 5) is 40.3. The molecule has 4 aromatic carbocycles. The van der Waals surface area contributed by atoms with Crippen LogP contribution in [0.3, 0.4) is 0 Å². The van der Waals surface area contributed by atoms with Gasteiger partial charge in [-0.15, -0.1) is 0 Å². The minimum Gasteiger partial charge on any atom is -0.354 e. The SMILES string of the molecule is Cc1ccc(-c2c3nc(c(-c4ccc(C)cc4)c4ccc([nH]4)c(-c4ccc([N+](=O)[O-])cc4)c4nc(c(-c5ccc([N+](=O)[O-])cc5)c5ccc2[nH]5)C=C4)C=C3)cc1. The van der Waals surface area contributed by atoms with Gasteiger partial charge in [0.15, 0.2) is 0 Å². The Morgan fingerprint density at radius 1 is 0.393 bits per heavy atom. The Kier molecular flexibility index (Phi) is 8.28. The first-order chi connectivity index (χ1) is 27.2. The van der Waals surface area contributed by atoms with Gasteiger partial charge in [0.2, 0.25) is 0 Å². The lowest BCUT2D eigenvalue weighted by Gasteiger charge is -2.07. The van der Waals surface area contributed by atoms with Crippen LogP contribution in [0.4, 0.5) is 11.4 Å². The number of benzene rings is 4. The van der Waals surface area contributed by atoms with Gasteiger partial charge in [0.05, 0.1) is 32.6 Å². The van der Waals surface area contributed by atoms with E-state index < -0.39 is 9.85 Å². The summed E-state index contributed by atoms with van der Waals surface area (Å²) >= 11 is 0. The van der Waals surface area contributed by atoms with Gasteiger partial charge in [0.1, 0.15) is 0 Å². The summed E-state index contributed by atoms with van der Waals surface area (Å²) in [5.74, 6) is 0. The van der Waals surface area contributed by atoms with E-state index in [9.17, 15) is 20.2 Å². The Morgan fingerprint density at radius 3 is 0.893 bits per heavy atom. The first-order valence-electron chi connectivity index (χ1n) is 18.0. The van der Waals surface area contributed by atoms with Gasteiger partial charge in [0.25, 0.3) is 11.4 Å². The smallest absolute Gasteiger partial charge is 0.269 e. The maximum atomic E-state index is 11.6. The number of nitro groups is 2. The number of aromatic amines is 2. The van der Waals surface area contributed by atoms with E-state index in [1.165, 1.54) is 24.3 Å². The molecule has 0 aliphatic carbocycles. The number of nitro benzene ring substituents is 2. The van der Waals surface area contributed by atoms with Crippen LogP contribution in [0.1, 0.15) is 33.9 Å². The molecule has 7 aromatic rings. The monoisotopic (exact) mass is 732 g/mol. The minimum absolute atomic E-state index is 0.0166. The molecule has 2 N–H and O–H groups in total. The Morgan fingerprint density at radius 2 is 0.643 bits per heavy atom. The summed E-state index contributed by atoms with van der Waals surface area (Å²) in [5.41, 5.74) is 15.0. The lowest BCUT2D eigenvalue weighted by Crippen LogP contribution is -1.91. The molecule has 2 aliphatic heterocycles. The average molecular weight is 733 g/mol. The van der Waals surface area contributed by atoms with E-state index in [4.69, 9.17) is 9.97 Å². The van der Waals surface area contributed by atoms with Crippen molar-refractivity contribution in [3.63, 3.8) is 0 Å². The fraction of sp³-hybridized carbons (Fsp3) is 0.0435. The zero-order valence-corrected chi connectivity index (χ0v) is 30.3. The molecule has 5 heterocycles. The van der Waals surface area contributed by atoms with Crippen molar-refractivity contribution in [2.75, 3.05) is 0 Å². The molecule has 0 unspecified atom stereocenters. The standard InChI is InChI=1S/C46H32N6O4/c1-27-3-7-29(8-4-27)43-35-19-20-36(47-35)44(30-9-5-28(2)6-10-30)38-22-24-40(49-38)46(32-13-17-34(18-14-32)52(55)56)42-26-25-41(50-42)45(39-23-21-37(43)48-39)31-11-15-33(16-12-31)51(53)54/h3-26,48-49H,1-2H3. The van der Waals surface area contributed by atoms with Gasteiger partial charge in [-0.05, 0) is 109 Å². The van der Waals surface area contributed by atoms with Crippen molar-refractivity contribution in [3.8, 4) is 44.5 Å². The highest BCUT2D eigenvalue weighted by atomic mass is 16.6. The molecular formula is C46H32N6O4. The summed E-state index contributed by atoms with van der Waals surface area (Å²) in [7, 11) is 0. The number of hydrogen-bond acceptors (Lipinski definition) is 6. The molecule has 0 spiro atoms. The number of nitrogens with zero attached hydrogens (tertiary/aromatic N) is 4. The van der Waals surface area contributed by atoms with Crippen molar-refractivity contribution in [1.82, 2.24) is 19.9 Å². The molecule has 0 fully saturated rings. The molecule has 9 rings (SSSR count). The summed E-state index contributed by atoms with van der Waals surface area (Å²) in [5, 5.41) is 23.2. The normalized spacial score (nSPS) is 11.9. The van der Waals surface area contributed by atoms with Gasteiger partial charge < -0.3 is 9.97 Å². The molecule has 2 aliphatic rings. The quantitative estimate of drug-likeness (QED) is 0.129. The maximum Gasteiger partial charge on any atom is 0.269 e. The van der Waals surface area contributed by atoms with Crippen LogP contribution >= 0.6 is 0 Å². The van der Waals surface area contributed by atoms with E-state index in [1.807, 2.05) is 48.6 Å². The lowest BCUT2D eigenvalue weighted by molar-refractivity contribution is -0.385. The maximum absolute atomic E-state index is 11.6. The molecule has 270 valence electrons. The first-order valence-corrected chi connectivity index (χ1v) is 18.0. The van der Waals surface area contributed by atoms with Gasteiger partial charge in [-0.25, -0.2) is 9.97 Å². The number of H-pyrrole nitrogens is 2. The highest BCUT2D eigenvalue weighted by molar-refractivity contribution is 5.99. The van der Waals surface area contributed by atoms with Gasteiger partial charge in [-0.1, -0.05) is 59.7 Å². The average Bonchev–Trinajstić information content (AvgIpc) is 4.05. The van der Waals surface area contributed by atoms with Crippen LogP contribution in [0.2, 0.25) is 0 Å². The molecule has 0 atom stereocenters. The number of fused-ring (bicyclic) bond motifs is 8. The number of non-ortho nitro benzene ring substituents is 2. The predicted molar refractivity (Wildman–Crippen MR) is 223 cm³/mol. The van der Waals surface area contributed by atoms with E-state index in [1.54, 1.807) is 24.3 Å². The van der Waals surface area contributed by atoms with Gasteiger partial charge in [0, 0.05) is 68.6 Å². The van der Waals surface area contributed by atoms with Gasteiger partial charge in [-0.3, -0.25) is 20.2 Å². The molecule has 0 amide bonds. The topological polar surface area (TPSA) is 144 Å². The van der Waals surface area contributed by atoms with Crippen molar-refractivity contribution in [2.45, 2.75) is 13.8 Å². The third-order valence-electron chi connectivity index (χ3n) is 10.2. The Hall–Kier alpha value is -7.72. The van der Waals surface area contributed by atoms with Crippen LogP contribution in [0, 0.1) is 34.1 Å². The number of aromatic nitrogens is 4. The Bertz CT molecular complexity index is 2760.